The van der Waals surface area contributed by atoms with Gasteiger partial charge in [-0.3, -0.25) is 5.32 Å². The molecule has 116 valence electrons. The minimum Gasteiger partial charge on any atom is -0.354 e. The van der Waals surface area contributed by atoms with E-state index >= 15 is 0 Å². The molecule has 0 rings (SSSR count). The zero-order valence-electron chi connectivity index (χ0n) is 13.1. The number of nitrogens with one attached hydrogen (secondary N) is 1. The van der Waals surface area contributed by atoms with Gasteiger partial charge < -0.3 is 10.2 Å². The lowest BCUT2D eigenvalue weighted by Gasteiger charge is -2.17. The summed E-state index contributed by atoms with van der Waals surface area (Å²) < 4.78 is 0. The van der Waals surface area contributed by atoms with Gasteiger partial charge in [0.05, 0.1) is 0 Å². The topological polar surface area (TPSA) is 52.5 Å². The molecule has 0 aliphatic heterocycles. The first kappa shape index (κ1) is 18.9. The number of rotatable bonds is 14. The highest BCUT2D eigenvalue weighted by Gasteiger charge is 2.11. The molecule has 3 nitrogen and oxygen atoms in total. The normalized spacial score (nSPS) is 12.0. The Kier molecular flexibility index (Phi) is 12.8. The molecule has 3 N–H and O–H groups in total. The van der Waals surface area contributed by atoms with Crippen molar-refractivity contribution < 1.29 is 10.2 Å². The molecule has 3 heteroatoms. The molecule has 0 aromatic rings. The van der Waals surface area contributed by atoms with Gasteiger partial charge in [0.1, 0.15) is 0 Å². The van der Waals surface area contributed by atoms with Crippen molar-refractivity contribution in [2.24, 2.45) is 0 Å². The molecule has 0 unspecified atom stereocenters. The van der Waals surface area contributed by atoms with E-state index in [0.29, 0.717) is 6.54 Å². The maximum atomic E-state index is 9.04. The summed E-state index contributed by atoms with van der Waals surface area (Å²) in [6.07, 6.45) is 15.9. The fourth-order valence-corrected chi connectivity index (χ4v) is 2.29. The lowest BCUT2D eigenvalue weighted by atomic mass is 10.1. The molecule has 0 aromatic carbocycles. The van der Waals surface area contributed by atoms with E-state index < -0.39 is 5.91 Å². The zero-order chi connectivity index (χ0) is 14.4. The molecule has 19 heavy (non-hydrogen) atoms. The van der Waals surface area contributed by atoms with Crippen molar-refractivity contribution in [2.75, 3.05) is 6.54 Å². The summed E-state index contributed by atoms with van der Waals surface area (Å²) in [4.78, 5) is 0. The highest BCUT2D eigenvalue weighted by molar-refractivity contribution is 4.54. The van der Waals surface area contributed by atoms with E-state index in [1.165, 1.54) is 77.6 Å². The van der Waals surface area contributed by atoms with Crippen molar-refractivity contribution >= 4 is 0 Å². The lowest BCUT2D eigenvalue weighted by Crippen LogP contribution is -2.42. The first-order chi connectivity index (χ1) is 9.06. The highest BCUT2D eigenvalue weighted by atomic mass is 16.5. The van der Waals surface area contributed by atoms with E-state index in [1.54, 1.807) is 0 Å². The number of hydrogen-bond acceptors (Lipinski definition) is 3. The average Bonchev–Trinajstić information content (AvgIpc) is 2.34. The second-order valence-corrected chi connectivity index (χ2v) is 5.84. The first-order valence-electron chi connectivity index (χ1n) is 8.26. The lowest BCUT2D eigenvalue weighted by molar-refractivity contribution is -0.169. The summed E-state index contributed by atoms with van der Waals surface area (Å²) in [6.45, 7) is 4.30. The summed E-state index contributed by atoms with van der Waals surface area (Å²) in [5.41, 5.74) is 0. The smallest absolute Gasteiger partial charge is 0.219 e. The second-order valence-electron chi connectivity index (χ2n) is 5.84. The number of aliphatic hydroxyl groups is 2. The molecule has 0 spiro atoms. The standard InChI is InChI=1S/C16H35NO2/c1-3-4-5-6-7-8-9-10-11-12-13-14-15-17-16(2,18)19/h17-19H,3-15H2,1-2H3. The van der Waals surface area contributed by atoms with Gasteiger partial charge >= 0.3 is 0 Å². The van der Waals surface area contributed by atoms with Gasteiger partial charge in [-0.25, -0.2) is 0 Å². The van der Waals surface area contributed by atoms with Crippen molar-refractivity contribution in [3.8, 4) is 0 Å². The second kappa shape index (κ2) is 12.9. The predicted octanol–water partition coefficient (Wildman–Crippen LogP) is 3.94. The third-order valence-electron chi connectivity index (χ3n) is 3.49. The third-order valence-corrected chi connectivity index (χ3v) is 3.49. The molecule has 0 amide bonds. The minimum atomic E-state index is -1.71. The van der Waals surface area contributed by atoms with Gasteiger partial charge in [0.15, 0.2) is 0 Å². The fourth-order valence-electron chi connectivity index (χ4n) is 2.29. The van der Waals surface area contributed by atoms with Gasteiger partial charge in [-0.2, -0.15) is 0 Å². The third kappa shape index (κ3) is 17.9. The van der Waals surface area contributed by atoms with Crippen molar-refractivity contribution in [3.05, 3.63) is 0 Å². The van der Waals surface area contributed by atoms with Gasteiger partial charge in [-0.1, -0.05) is 77.6 Å². The molecule has 0 saturated heterocycles. The van der Waals surface area contributed by atoms with Crippen LogP contribution in [0.25, 0.3) is 0 Å². The summed E-state index contributed by atoms with van der Waals surface area (Å²) in [6, 6.07) is 0. The molecule has 0 aromatic heterocycles. The predicted molar refractivity (Wildman–Crippen MR) is 81.9 cm³/mol. The van der Waals surface area contributed by atoms with E-state index in [0.717, 1.165) is 6.42 Å². The van der Waals surface area contributed by atoms with Gasteiger partial charge in [-0.05, 0) is 6.42 Å². The molecule has 0 radical (unpaired) electrons. The van der Waals surface area contributed by atoms with Crippen LogP contribution in [0.1, 0.15) is 90.9 Å². The van der Waals surface area contributed by atoms with Crippen LogP contribution in [0, 0.1) is 0 Å². The average molecular weight is 273 g/mol. The van der Waals surface area contributed by atoms with E-state index in [9.17, 15) is 0 Å². The molecule has 0 bridgehead atoms. The first-order valence-corrected chi connectivity index (χ1v) is 8.26. The Balaban J connectivity index is 2.99. The Hall–Kier alpha value is -0.120. The maximum absolute atomic E-state index is 9.04. The van der Waals surface area contributed by atoms with Crippen LogP contribution in [0.3, 0.4) is 0 Å². The van der Waals surface area contributed by atoms with E-state index in [1.807, 2.05) is 0 Å². The van der Waals surface area contributed by atoms with E-state index in [4.69, 9.17) is 10.2 Å². The Bertz CT molecular complexity index is 178. The summed E-state index contributed by atoms with van der Waals surface area (Å²) in [7, 11) is 0. The minimum absolute atomic E-state index is 0.681. The molecule has 0 fully saturated rings. The fraction of sp³-hybridized carbons (Fsp3) is 1.00. The van der Waals surface area contributed by atoms with Crippen molar-refractivity contribution in [1.29, 1.82) is 0 Å². The molecule has 0 saturated carbocycles. The SMILES string of the molecule is CCCCCCCCCCCCCCNC(C)(O)O. The molecular formula is C16H35NO2. The maximum Gasteiger partial charge on any atom is 0.219 e. The molecule has 0 atom stereocenters. The van der Waals surface area contributed by atoms with E-state index in [2.05, 4.69) is 12.2 Å². The van der Waals surface area contributed by atoms with Crippen LogP contribution in [-0.4, -0.2) is 22.7 Å². The highest BCUT2D eigenvalue weighted by Crippen LogP contribution is 2.11. The van der Waals surface area contributed by atoms with Crippen molar-refractivity contribution in [3.63, 3.8) is 0 Å². The summed E-state index contributed by atoms with van der Waals surface area (Å²) in [5, 5.41) is 20.7. The van der Waals surface area contributed by atoms with Crippen molar-refractivity contribution in [1.82, 2.24) is 5.32 Å². The van der Waals surface area contributed by atoms with Crippen molar-refractivity contribution in [2.45, 2.75) is 96.8 Å². The van der Waals surface area contributed by atoms with Crippen LogP contribution >= 0.6 is 0 Å². The van der Waals surface area contributed by atoms with Crippen LogP contribution in [0.2, 0.25) is 0 Å². The van der Waals surface area contributed by atoms with Gasteiger partial charge in [0.2, 0.25) is 5.91 Å². The molecule has 0 aliphatic rings. The van der Waals surface area contributed by atoms with Gasteiger partial charge in [0, 0.05) is 13.5 Å². The largest absolute Gasteiger partial charge is 0.354 e. The van der Waals surface area contributed by atoms with Gasteiger partial charge in [0.25, 0.3) is 0 Å². The summed E-state index contributed by atoms with van der Waals surface area (Å²) in [5.74, 6) is -1.71. The number of hydrogen-bond donors (Lipinski definition) is 3. The summed E-state index contributed by atoms with van der Waals surface area (Å²) >= 11 is 0. The Morgan fingerprint density at radius 2 is 1.05 bits per heavy atom. The van der Waals surface area contributed by atoms with Crippen LogP contribution in [0.15, 0.2) is 0 Å². The van der Waals surface area contributed by atoms with Crippen LogP contribution in [0.4, 0.5) is 0 Å². The Labute approximate surface area is 119 Å². The molecule has 0 heterocycles. The van der Waals surface area contributed by atoms with Crippen LogP contribution in [-0.2, 0) is 0 Å². The monoisotopic (exact) mass is 273 g/mol. The van der Waals surface area contributed by atoms with Gasteiger partial charge in [-0.15, -0.1) is 0 Å². The molecular weight excluding hydrogens is 238 g/mol. The number of unbranched alkanes of at least 4 members (excludes halogenated alkanes) is 11. The zero-order valence-corrected chi connectivity index (χ0v) is 13.1. The quantitative estimate of drug-likeness (QED) is 0.332. The Morgan fingerprint density at radius 3 is 1.42 bits per heavy atom. The van der Waals surface area contributed by atoms with E-state index in [-0.39, 0.29) is 0 Å². The van der Waals surface area contributed by atoms with Crippen LogP contribution in [0.5, 0.6) is 0 Å². The Morgan fingerprint density at radius 1 is 0.684 bits per heavy atom. The molecule has 0 aliphatic carbocycles. The van der Waals surface area contributed by atoms with Crippen LogP contribution < -0.4 is 5.32 Å².